The Kier molecular flexibility index (Phi) is 4.24. The summed E-state index contributed by atoms with van der Waals surface area (Å²) in [6, 6.07) is -0.488. The standard InChI is InChI=1S/C14H22N2O4S/c1-13(2,3)20-11(18)7-15-12(19)9-8-21-14(4)6-5-10(17)16(9)14/h9H,5-8H2,1-4H3,(H,15,19). The maximum atomic E-state index is 12.2. The number of nitrogens with one attached hydrogen (secondary N) is 1. The molecule has 118 valence electrons. The Morgan fingerprint density at radius 2 is 2.14 bits per heavy atom. The largest absolute Gasteiger partial charge is 0.459 e. The summed E-state index contributed by atoms with van der Waals surface area (Å²) in [5.41, 5.74) is -0.575. The molecule has 0 spiro atoms. The van der Waals surface area contributed by atoms with Gasteiger partial charge in [0.15, 0.2) is 0 Å². The maximum Gasteiger partial charge on any atom is 0.325 e. The molecule has 2 heterocycles. The minimum atomic E-state index is -0.575. The summed E-state index contributed by atoms with van der Waals surface area (Å²) < 4.78 is 5.14. The monoisotopic (exact) mass is 314 g/mol. The number of nitrogens with zero attached hydrogens (tertiary/aromatic N) is 1. The van der Waals surface area contributed by atoms with E-state index >= 15 is 0 Å². The number of rotatable bonds is 3. The molecule has 2 atom stereocenters. The average molecular weight is 314 g/mol. The van der Waals surface area contributed by atoms with Crippen LogP contribution >= 0.6 is 11.8 Å². The van der Waals surface area contributed by atoms with Crippen LogP contribution in [0.1, 0.15) is 40.5 Å². The van der Waals surface area contributed by atoms with E-state index in [1.807, 2.05) is 6.92 Å². The second kappa shape index (κ2) is 5.51. The molecule has 2 aliphatic rings. The number of amides is 2. The third-order valence-electron chi connectivity index (χ3n) is 3.57. The normalized spacial score (nSPS) is 28.5. The first-order valence-electron chi connectivity index (χ1n) is 7.08. The van der Waals surface area contributed by atoms with Crippen molar-refractivity contribution < 1.29 is 19.1 Å². The summed E-state index contributed by atoms with van der Waals surface area (Å²) in [4.78, 5) is 37.2. The quantitative estimate of drug-likeness (QED) is 0.783. The SMILES string of the molecule is CC(C)(C)OC(=O)CNC(=O)C1CSC2(C)CCC(=O)N12. The number of carbonyl (C=O) groups excluding carboxylic acids is 3. The fraction of sp³-hybridized carbons (Fsp3) is 0.786. The van der Waals surface area contributed by atoms with Crippen molar-refractivity contribution in [1.29, 1.82) is 0 Å². The van der Waals surface area contributed by atoms with Crippen molar-refractivity contribution in [3.05, 3.63) is 0 Å². The predicted octanol–water partition coefficient (Wildman–Crippen LogP) is 0.898. The van der Waals surface area contributed by atoms with Crippen LogP contribution in [-0.4, -0.2) is 51.5 Å². The molecular weight excluding hydrogens is 292 g/mol. The van der Waals surface area contributed by atoms with Gasteiger partial charge in [-0.15, -0.1) is 11.8 Å². The highest BCUT2D eigenvalue weighted by Gasteiger charge is 2.52. The molecule has 0 saturated carbocycles. The highest BCUT2D eigenvalue weighted by Crippen LogP contribution is 2.47. The van der Waals surface area contributed by atoms with Gasteiger partial charge < -0.3 is 15.0 Å². The van der Waals surface area contributed by atoms with Gasteiger partial charge in [0.05, 0.1) is 4.87 Å². The Bertz CT molecular complexity index is 474. The molecule has 2 saturated heterocycles. The van der Waals surface area contributed by atoms with E-state index in [0.717, 1.165) is 6.42 Å². The van der Waals surface area contributed by atoms with Crippen LogP contribution in [0.5, 0.6) is 0 Å². The van der Waals surface area contributed by atoms with Crippen molar-refractivity contribution in [2.45, 2.75) is 57.1 Å². The van der Waals surface area contributed by atoms with Crippen molar-refractivity contribution >= 4 is 29.5 Å². The minimum absolute atomic E-state index is 0.0138. The lowest BCUT2D eigenvalue weighted by molar-refractivity contribution is -0.154. The molecule has 0 aromatic heterocycles. The molecule has 2 aliphatic heterocycles. The van der Waals surface area contributed by atoms with E-state index < -0.39 is 17.6 Å². The van der Waals surface area contributed by atoms with Crippen LogP contribution in [0.3, 0.4) is 0 Å². The Hall–Kier alpha value is -1.24. The topological polar surface area (TPSA) is 75.7 Å². The zero-order chi connectivity index (χ0) is 15.8. The molecule has 2 fully saturated rings. The first-order valence-corrected chi connectivity index (χ1v) is 8.07. The molecule has 0 radical (unpaired) electrons. The lowest BCUT2D eigenvalue weighted by atomic mass is 10.2. The van der Waals surface area contributed by atoms with Gasteiger partial charge in [-0.1, -0.05) is 0 Å². The van der Waals surface area contributed by atoms with Crippen LogP contribution in [0.2, 0.25) is 0 Å². The molecule has 2 amide bonds. The van der Waals surface area contributed by atoms with Crippen molar-refractivity contribution in [2.24, 2.45) is 0 Å². The Labute approximate surface area is 129 Å². The van der Waals surface area contributed by atoms with Gasteiger partial charge >= 0.3 is 5.97 Å². The van der Waals surface area contributed by atoms with Crippen LogP contribution in [0.15, 0.2) is 0 Å². The minimum Gasteiger partial charge on any atom is -0.459 e. The molecule has 2 unspecified atom stereocenters. The van der Waals surface area contributed by atoms with E-state index in [1.54, 1.807) is 37.4 Å². The summed E-state index contributed by atoms with van der Waals surface area (Å²) in [5.74, 6) is -0.174. The van der Waals surface area contributed by atoms with Gasteiger partial charge in [0.2, 0.25) is 11.8 Å². The molecule has 0 aliphatic carbocycles. The number of thioether (sulfide) groups is 1. The molecule has 1 N–H and O–H groups in total. The van der Waals surface area contributed by atoms with E-state index in [4.69, 9.17) is 4.74 Å². The molecule has 6 nitrogen and oxygen atoms in total. The number of fused-ring (bicyclic) bond motifs is 1. The summed E-state index contributed by atoms with van der Waals surface area (Å²) in [7, 11) is 0. The van der Waals surface area contributed by atoms with Gasteiger partial charge in [0, 0.05) is 12.2 Å². The van der Waals surface area contributed by atoms with Crippen molar-refractivity contribution in [2.75, 3.05) is 12.3 Å². The van der Waals surface area contributed by atoms with Crippen molar-refractivity contribution in [3.8, 4) is 0 Å². The first kappa shape index (κ1) is 16.1. The van der Waals surface area contributed by atoms with Gasteiger partial charge in [0.25, 0.3) is 0 Å². The third kappa shape index (κ3) is 3.51. The summed E-state index contributed by atoms with van der Waals surface area (Å²) in [6.45, 7) is 7.14. The van der Waals surface area contributed by atoms with Crippen LogP contribution in [0.4, 0.5) is 0 Å². The summed E-state index contributed by atoms with van der Waals surface area (Å²) in [6.07, 6.45) is 1.26. The third-order valence-corrected chi connectivity index (χ3v) is 5.08. The molecule has 2 rings (SSSR count). The van der Waals surface area contributed by atoms with E-state index in [2.05, 4.69) is 5.32 Å². The van der Waals surface area contributed by atoms with Crippen LogP contribution in [0.25, 0.3) is 0 Å². The number of carbonyl (C=O) groups is 3. The summed E-state index contributed by atoms with van der Waals surface area (Å²) >= 11 is 1.63. The van der Waals surface area contributed by atoms with E-state index in [-0.39, 0.29) is 23.2 Å². The van der Waals surface area contributed by atoms with Crippen LogP contribution in [0, 0.1) is 0 Å². The lowest BCUT2D eigenvalue weighted by Gasteiger charge is -2.29. The molecule has 0 bridgehead atoms. The van der Waals surface area contributed by atoms with Crippen molar-refractivity contribution in [1.82, 2.24) is 10.2 Å². The number of esters is 1. The molecule has 21 heavy (non-hydrogen) atoms. The predicted molar refractivity (Wildman–Crippen MR) is 79.6 cm³/mol. The maximum absolute atomic E-state index is 12.2. The fourth-order valence-electron chi connectivity index (χ4n) is 2.67. The van der Waals surface area contributed by atoms with Gasteiger partial charge in [-0.05, 0) is 34.1 Å². The smallest absolute Gasteiger partial charge is 0.325 e. The van der Waals surface area contributed by atoms with Crippen molar-refractivity contribution in [3.63, 3.8) is 0 Å². The zero-order valence-electron chi connectivity index (χ0n) is 12.9. The Balaban J connectivity index is 1.90. The highest BCUT2D eigenvalue weighted by atomic mass is 32.2. The highest BCUT2D eigenvalue weighted by molar-refractivity contribution is 8.01. The fourth-order valence-corrected chi connectivity index (χ4v) is 4.10. The van der Waals surface area contributed by atoms with E-state index in [0.29, 0.717) is 12.2 Å². The molecule has 7 heteroatoms. The van der Waals surface area contributed by atoms with Gasteiger partial charge in [-0.3, -0.25) is 14.4 Å². The van der Waals surface area contributed by atoms with Gasteiger partial charge in [-0.2, -0.15) is 0 Å². The zero-order valence-corrected chi connectivity index (χ0v) is 13.7. The number of hydrogen-bond acceptors (Lipinski definition) is 5. The van der Waals surface area contributed by atoms with Crippen LogP contribution in [-0.2, 0) is 19.1 Å². The van der Waals surface area contributed by atoms with E-state index in [1.165, 1.54) is 0 Å². The lowest BCUT2D eigenvalue weighted by Crippen LogP contribution is -2.51. The van der Waals surface area contributed by atoms with Crippen LogP contribution < -0.4 is 5.32 Å². The first-order chi connectivity index (χ1) is 9.62. The van der Waals surface area contributed by atoms with Gasteiger partial charge in [-0.25, -0.2) is 0 Å². The molecular formula is C14H22N2O4S. The summed E-state index contributed by atoms with van der Waals surface area (Å²) in [5, 5.41) is 2.58. The Morgan fingerprint density at radius 3 is 2.76 bits per heavy atom. The van der Waals surface area contributed by atoms with Gasteiger partial charge in [0.1, 0.15) is 18.2 Å². The molecule has 0 aromatic rings. The second-order valence-corrected chi connectivity index (χ2v) is 8.07. The average Bonchev–Trinajstić information content (AvgIpc) is 2.82. The number of ether oxygens (including phenoxy) is 1. The Morgan fingerprint density at radius 1 is 1.48 bits per heavy atom. The van der Waals surface area contributed by atoms with E-state index in [9.17, 15) is 14.4 Å². The second-order valence-electron chi connectivity index (χ2n) is 6.57. The number of hydrogen-bond donors (Lipinski definition) is 1. The molecule has 0 aromatic carbocycles.